The van der Waals surface area contributed by atoms with Crippen LogP contribution in [0.5, 0.6) is 0 Å². The molecule has 1 saturated carbocycles. The number of halogens is 2. The summed E-state index contributed by atoms with van der Waals surface area (Å²) in [6, 6.07) is 1.82. The van der Waals surface area contributed by atoms with Gasteiger partial charge < -0.3 is 15.4 Å². The minimum absolute atomic E-state index is 0.0378. The van der Waals surface area contributed by atoms with Crippen molar-refractivity contribution < 1.29 is 32.7 Å². The van der Waals surface area contributed by atoms with Crippen molar-refractivity contribution in [2.24, 2.45) is 5.92 Å². The normalized spacial score (nSPS) is 22.6. The number of hydrogen-bond acceptors (Lipinski definition) is 5. The van der Waals surface area contributed by atoms with Crippen molar-refractivity contribution in [1.82, 2.24) is 10.2 Å². The van der Waals surface area contributed by atoms with Crippen LogP contribution in [-0.2, 0) is 19.1 Å². The summed E-state index contributed by atoms with van der Waals surface area (Å²) in [6.07, 6.45) is 0.272. The molecule has 2 fully saturated rings. The number of ether oxygens (including phenoxy) is 1. The minimum atomic E-state index is -1.36. The molecule has 2 atom stereocenters. The number of urea groups is 1. The highest BCUT2D eigenvalue weighted by Gasteiger charge is 2.56. The van der Waals surface area contributed by atoms with E-state index in [1.807, 2.05) is 0 Å². The Balaban J connectivity index is 1.57. The van der Waals surface area contributed by atoms with Crippen molar-refractivity contribution in [2.45, 2.75) is 38.3 Å². The number of imide groups is 1. The van der Waals surface area contributed by atoms with Gasteiger partial charge >= 0.3 is 12.0 Å². The maximum Gasteiger partial charge on any atom is 0.327 e. The lowest BCUT2D eigenvalue weighted by Gasteiger charge is -2.21. The zero-order chi connectivity index (χ0) is 20.6. The molecule has 2 aliphatic rings. The molecule has 4 amide bonds. The summed E-state index contributed by atoms with van der Waals surface area (Å²) in [6.45, 7) is 2.18. The van der Waals surface area contributed by atoms with E-state index in [1.165, 1.54) is 6.92 Å². The SMILES string of the molecule is C[C@H](OC(=O)CN1C(=O)N[C@](C)(C2CC2)C1=O)C(=O)Nc1cc(F)ccc1F. The van der Waals surface area contributed by atoms with E-state index >= 15 is 0 Å². The summed E-state index contributed by atoms with van der Waals surface area (Å²) in [5, 5.41) is 4.70. The largest absolute Gasteiger partial charge is 0.451 e. The Hall–Kier alpha value is -3.04. The maximum absolute atomic E-state index is 13.6. The van der Waals surface area contributed by atoms with Gasteiger partial charge in [0.2, 0.25) is 0 Å². The molecular formula is C18H19F2N3O5. The first-order valence-electron chi connectivity index (χ1n) is 8.71. The zero-order valence-electron chi connectivity index (χ0n) is 15.3. The number of benzene rings is 1. The van der Waals surface area contributed by atoms with Gasteiger partial charge in [-0.2, -0.15) is 0 Å². The number of carbonyl (C=O) groups excluding carboxylic acids is 4. The zero-order valence-corrected chi connectivity index (χ0v) is 15.3. The molecule has 0 unspecified atom stereocenters. The van der Waals surface area contributed by atoms with Crippen LogP contribution in [0, 0.1) is 17.6 Å². The molecule has 1 saturated heterocycles. The Kier molecular flexibility index (Phi) is 5.05. The Bertz CT molecular complexity index is 858. The van der Waals surface area contributed by atoms with Crippen LogP contribution < -0.4 is 10.6 Å². The lowest BCUT2D eigenvalue weighted by molar-refractivity contribution is -0.155. The average Bonchev–Trinajstić information content (AvgIpc) is 3.44. The van der Waals surface area contributed by atoms with Crippen LogP contribution >= 0.6 is 0 Å². The van der Waals surface area contributed by atoms with Crippen LogP contribution in [0.2, 0.25) is 0 Å². The Morgan fingerprint density at radius 3 is 2.68 bits per heavy atom. The number of hydrogen-bond donors (Lipinski definition) is 2. The molecule has 1 heterocycles. The predicted octanol–water partition coefficient (Wildman–Crippen LogP) is 1.56. The topological polar surface area (TPSA) is 105 Å². The molecule has 2 N–H and O–H groups in total. The first-order valence-corrected chi connectivity index (χ1v) is 8.71. The monoisotopic (exact) mass is 395 g/mol. The summed E-state index contributed by atoms with van der Waals surface area (Å²) < 4.78 is 31.6. The number of carbonyl (C=O) groups is 4. The van der Waals surface area contributed by atoms with Crippen molar-refractivity contribution >= 4 is 29.5 Å². The van der Waals surface area contributed by atoms with Crippen molar-refractivity contribution in [3.8, 4) is 0 Å². The highest BCUT2D eigenvalue weighted by Crippen LogP contribution is 2.42. The quantitative estimate of drug-likeness (QED) is 0.562. The Morgan fingerprint density at radius 1 is 1.36 bits per heavy atom. The third kappa shape index (κ3) is 3.80. The fourth-order valence-corrected chi connectivity index (χ4v) is 3.04. The second-order valence-electron chi connectivity index (χ2n) is 7.04. The van der Waals surface area contributed by atoms with E-state index in [0.717, 1.165) is 35.9 Å². The fourth-order valence-electron chi connectivity index (χ4n) is 3.04. The third-order valence-corrected chi connectivity index (χ3v) is 4.85. The number of amides is 4. The number of anilines is 1. The van der Waals surface area contributed by atoms with E-state index < -0.39 is 59.3 Å². The number of esters is 1. The molecule has 10 heteroatoms. The maximum atomic E-state index is 13.6. The highest BCUT2D eigenvalue weighted by molar-refractivity contribution is 6.09. The molecule has 8 nitrogen and oxygen atoms in total. The lowest BCUT2D eigenvalue weighted by Crippen LogP contribution is -2.46. The van der Waals surface area contributed by atoms with E-state index in [0.29, 0.717) is 0 Å². The number of rotatable bonds is 6. The molecule has 0 bridgehead atoms. The van der Waals surface area contributed by atoms with Gasteiger partial charge in [0, 0.05) is 6.07 Å². The smallest absolute Gasteiger partial charge is 0.327 e. The second kappa shape index (κ2) is 7.17. The van der Waals surface area contributed by atoms with Gasteiger partial charge in [-0.1, -0.05) is 0 Å². The molecule has 1 aromatic rings. The standard InChI is InChI=1S/C18H19F2N3O5/c1-9(15(25)21-13-7-11(19)5-6-12(13)20)28-14(24)8-23-16(26)18(2,10-3-4-10)22-17(23)27/h5-7,9-10H,3-4,8H2,1-2H3,(H,21,25)(H,22,27)/t9-,18+/m0/s1. The van der Waals surface area contributed by atoms with Gasteiger partial charge in [0.1, 0.15) is 23.7 Å². The summed E-state index contributed by atoms with van der Waals surface area (Å²) in [5.74, 6) is -3.96. The van der Waals surface area contributed by atoms with E-state index in [9.17, 15) is 28.0 Å². The van der Waals surface area contributed by atoms with E-state index in [-0.39, 0.29) is 5.92 Å². The van der Waals surface area contributed by atoms with Crippen LogP contribution in [0.4, 0.5) is 19.3 Å². The molecular weight excluding hydrogens is 376 g/mol. The van der Waals surface area contributed by atoms with Gasteiger partial charge in [-0.15, -0.1) is 0 Å². The summed E-state index contributed by atoms with van der Waals surface area (Å²) in [7, 11) is 0. The fraction of sp³-hybridized carbons (Fsp3) is 0.444. The van der Waals surface area contributed by atoms with Crippen LogP contribution in [-0.4, -0.2) is 46.9 Å². The van der Waals surface area contributed by atoms with Crippen LogP contribution in [0.15, 0.2) is 18.2 Å². The first kappa shape index (κ1) is 19.7. The highest BCUT2D eigenvalue weighted by atomic mass is 19.1. The lowest BCUT2D eigenvalue weighted by atomic mass is 9.96. The average molecular weight is 395 g/mol. The Morgan fingerprint density at radius 2 is 2.04 bits per heavy atom. The van der Waals surface area contributed by atoms with E-state index in [4.69, 9.17) is 4.74 Å². The van der Waals surface area contributed by atoms with Gasteiger partial charge in [-0.05, 0) is 44.7 Å². The molecule has 1 aromatic carbocycles. The predicted molar refractivity (Wildman–Crippen MR) is 91.9 cm³/mol. The van der Waals surface area contributed by atoms with Crippen molar-refractivity contribution in [2.75, 3.05) is 11.9 Å². The van der Waals surface area contributed by atoms with Crippen molar-refractivity contribution in [3.63, 3.8) is 0 Å². The number of nitrogens with one attached hydrogen (secondary N) is 2. The van der Waals surface area contributed by atoms with Gasteiger partial charge in [-0.3, -0.25) is 19.3 Å². The van der Waals surface area contributed by atoms with Gasteiger partial charge in [0.25, 0.3) is 11.8 Å². The van der Waals surface area contributed by atoms with Gasteiger partial charge in [-0.25, -0.2) is 13.6 Å². The van der Waals surface area contributed by atoms with Crippen molar-refractivity contribution in [1.29, 1.82) is 0 Å². The molecule has 1 aliphatic heterocycles. The third-order valence-electron chi connectivity index (χ3n) is 4.85. The molecule has 1 aliphatic carbocycles. The van der Waals surface area contributed by atoms with Crippen molar-refractivity contribution in [3.05, 3.63) is 29.8 Å². The molecule has 150 valence electrons. The molecule has 0 radical (unpaired) electrons. The molecule has 0 spiro atoms. The molecule has 28 heavy (non-hydrogen) atoms. The van der Waals surface area contributed by atoms with Crippen LogP contribution in [0.1, 0.15) is 26.7 Å². The minimum Gasteiger partial charge on any atom is -0.451 e. The first-order chi connectivity index (χ1) is 13.1. The number of nitrogens with zero attached hydrogens (tertiary/aromatic N) is 1. The van der Waals surface area contributed by atoms with Crippen LogP contribution in [0.3, 0.4) is 0 Å². The molecule has 0 aromatic heterocycles. The second-order valence-corrected chi connectivity index (χ2v) is 7.04. The van der Waals surface area contributed by atoms with E-state index in [1.54, 1.807) is 6.92 Å². The molecule has 3 rings (SSSR count). The summed E-state index contributed by atoms with van der Waals surface area (Å²) >= 11 is 0. The summed E-state index contributed by atoms with van der Waals surface area (Å²) in [5.41, 5.74) is -1.43. The van der Waals surface area contributed by atoms with Crippen LogP contribution in [0.25, 0.3) is 0 Å². The summed E-state index contributed by atoms with van der Waals surface area (Å²) in [4.78, 5) is 49.3. The van der Waals surface area contributed by atoms with Gasteiger partial charge in [0.05, 0.1) is 5.69 Å². The van der Waals surface area contributed by atoms with E-state index in [2.05, 4.69) is 10.6 Å². The Labute approximate surface area is 159 Å². The van der Waals surface area contributed by atoms with Gasteiger partial charge in [0.15, 0.2) is 6.10 Å².